The van der Waals surface area contributed by atoms with Crippen LogP contribution in [0.25, 0.3) is 0 Å². The van der Waals surface area contributed by atoms with Crippen LogP contribution in [0, 0.1) is 0 Å². The number of nitrogens with one attached hydrogen (secondary N) is 1. The Morgan fingerprint density at radius 1 is 1.29 bits per heavy atom. The predicted octanol–water partition coefficient (Wildman–Crippen LogP) is 2.37. The molecular formula is C16H21N3O2. The van der Waals surface area contributed by atoms with Crippen LogP contribution in [0.1, 0.15) is 18.9 Å². The molecule has 0 atom stereocenters. The van der Waals surface area contributed by atoms with E-state index in [-0.39, 0.29) is 12.3 Å². The number of hydrogen-bond donors (Lipinski definition) is 2. The molecule has 1 aromatic carbocycles. The fourth-order valence-corrected chi connectivity index (χ4v) is 1.93. The van der Waals surface area contributed by atoms with Crippen molar-refractivity contribution in [1.29, 1.82) is 0 Å². The minimum atomic E-state index is -0.354. The third-order valence-corrected chi connectivity index (χ3v) is 3.15. The molecule has 1 amide bonds. The van der Waals surface area contributed by atoms with Crippen LogP contribution in [0.4, 0.5) is 5.69 Å². The summed E-state index contributed by atoms with van der Waals surface area (Å²) in [6, 6.07) is 9.77. The minimum absolute atomic E-state index is 0.231. The molecule has 3 N–H and O–H groups in total. The highest BCUT2D eigenvalue weighted by Crippen LogP contribution is 2.16. The van der Waals surface area contributed by atoms with Gasteiger partial charge in [0.2, 0.25) is 5.91 Å². The number of carbonyl (C=O) groups is 1. The van der Waals surface area contributed by atoms with E-state index in [1.165, 1.54) is 5.56 Å². The molecule has 0 aliphatic rings. The van der Waals surface area contributed by atoms with E-state index in [2.05, 4.69) is 35.3 Å². The van der Waals surface area contributed by atoms with Crippen molar-refractivity contribution in [2.24, 2.45) is 5.73 Å². The summed E-state index contributed by atoms with van der Waals surface area (Å²) in [7, 11) is 0. The molecule has 0 radical (unpaired) electrons. The van der Waals surface area contributed by atoms with Crippen molar-refractivity contribution < 1.29 is 9.53 Å². The first-order valence-corrected chi connectivity index (χ1v) is 7.07. The summed E-state index contributed by atoms with van der Waals surface area (Å²) >= 11 is 0. The SMILES string of the molecule is CCn1ccc(CNc2ccc(OCCC(N)=O)cc2)c1. The van der Waals surface area contributed by atoms with E-state index in [1.54, 1.807) is 0 Å². The highest BCUT2D eigenvalue weighted by atomic mass is 16.5. The molecule has 2 aromatic rings. The molecule has 2 rings (SSSR count). The fourth-order valence-electron chi connectivity index (χ4n) is 1.93. The summed E-state index contributed by atoms with van der Waals surface area (Å²) in [5, 5.41) is 3.36. The zero-order valence-corrected chi connectivity index (χ0v) is 12.2. The summed E-state index contributed by atoms with van der Waals surface area (Å²) in [5.41, 5.74) is 7.33. The van der Waals surface area contributed by atoms with Crippen molar-refractivity contribution in [2.45, 2.75) is 26.4 Å². The van der Waals surface area contributed by atoms with Crippen LogP contribution < -0.4 is 15.8 Å². The first-order valence-electron chi connectivity index (χ1n) is 7.07. The van der Waals surface area contributed by atoms with E-state index < -0.39 is 0 Å². The molecular weight excluding hydrogens is 266 g/mol. The minimum Gasteiger partial charge on any atom is -0.493 e. The van der Waals surface area contributed by atoms with Crippen molar-refractivity contribution in [3.63, 3.8) is 0 Å². The first kappa shape index (κ1) is 15.0. The third kappa shape index (κ3) is 4.87. The Morgan fingerprint density at radius 2 is 2.05 bits per heavy atom. The standard InChI is InChI=1S/C16H21N3O2/c1-2-19-9-7-13(12-19)11-18-14-3-5-15(6-4-14)21-10-8-16(17)20/h3-7,9,12,18H,2,8,10-11H2,1H3,(H2,17,20). The summed E-state index contributed by atoms with van der Waals surface area (Å²) in [6.07, 6.45) is 4.44. The number of anilines is 1. The van der Waals surface area contributed by atoms with Crippen LogP contribution in [-0.4, -0.2) is 17.1 Å². The first-order chi connectivity index (χ1) is 10.2. The van der Waals surface area contributed by atoms with Crippen LogP contribution in [0.2, 0.25) is 0 Å². The topological polar surface area (TPSA) is 69.3 Å². The molecule has 0 aliphatic heterocycles. The Hall–Kier alpha value is -2.43. The molecule has 1 aromatic heterocycles. The molecule has 0 bridgehead atoms. The Balaban J connectivity index is 1.80. The van der Waals surface area contributed by atoms with Crippen molar-refractivity contribution in [3.8, 4) is 5.75 Å². The maximum absolute atomic E-state index is 10.6. The van der Waals surface area contributed by atoms with Crippen molar-refractivity contribution in [2.75, 3.05) is 11.9 Å². The average molecular weight is 287 g/mol. The number of nitrogens with two attached hydrogens (primary N) is 1. The summed E-state index contributed by atoms with van der Waals surface area (Å²) < 4.78 is 7.57. The smallest absolute Gasteiger partial charge is 0.220 e. The van der Waals surface area contributed by atoms with E-state index in [1.807, 2.05) is 24.3 Å². The Kier molecular flexibility index (Phi) is 5.26. The monoisotopic (exact) mass is 287 g/mol. The number of ether oxygens (including phenoxy) is 1. The number of carbonyl (C=O) groups excluding carboxylic acids is 1. The van der Waals surface area contributed by atoms with E-state index in [4.69, 9.17) is 10.5 Å². The molecule has 1 heterocycles. The highest BCUT2D eigenvalue weighted by molar-refractivity contribution is 5.73. The molecule has 5 nitrogen and oxygen atoms in total. The molecule has 0 saturated heterocycles. The number of nitrogens with zero attached hydrogens (tertiary/aromatic N) is 1. The van der Waals surface area contributed by atoms with Gasteiger partial charge in [0, 0.05) is 31.2 Å². The molecule has 0 spiro atoms. The number of primary amides is 1. The van der Waals surface area contributed by atoms with E-state index in [0.29, 0.717) is 6.61 Å². The fraction of sp³-hybridized carbons (Fsp3) is 0.312. The van der Waals surface area contributed by atoms with Gasteiger partial charge < -0.3 is 20.4 Å². The van der Waals surface area contributed by atoms with Gasteiger partial charge in [-0.1, -0.05) is 0 Å². The van der Waals surface area contributed by atoms with Crippen LogP contribution in [0.3, 0.4) is 0 Å². The van der Waals surface area contributed by atoms with E-state index in [9.17, 15) is 4.79 Å². The Labute approximate surface area is 124 Å². The summed E-state index contributed by atoms with van der Waals surface area (Å²) in [6.45, 7) is 4.20. The van der Waals surface area contributed by atoms with Crippen LogP contribution in [0.5, 0.6) is 5.75 Å². The summed E-state index contributed by atoms with van der Waals surface area (Å²) in [5.74, 6) is 0.381. The van der Waals surface area contributed by atoms with Crippen LogP contribution in [0.15, 0.2) is 42.7 Å². The van der Waals surface area contributed by atoms with Gasteiger partial charge >= 0.3 is 0 Å². The summed E-state index contributed by atoms with van der Waals surface area (Å²) in [4.78, 5) is 10.6. The zero-order valence-electron chi connectivity index (χ0n) is 12.2. The van der Waals surface area contributed by atoms with Gasteiger partial charge in [0.1, 0.15) is 5.75 Å². The molecule has 0 fully saturated rings. The third-order valence-electron chi connectivity index (χ3n) is 3.15. The van der Waals surface area contributed by atoms with Gasteiger partial charge in [0.05, 0.1) is 13.0 Å². The van der Waals surface area contributed by atoms with Gasteiger partial charge in [-0.15, -0.1) is 0 Å². The molecule has 112 valence electrons. The quantitative estimate of drug-likeness (QED) is 0.783. The van der Waals surface area contributed by atoms with Crippen molar-refractivity contribution in [1.82, 2.24) is 4.57 Å². The zero-order chi connectivity index (χ0) is 15.1. The van der Waals surface area contributed by atoms with Gasteiger partial charge in [-0.2, -0.15) is 0 Å². The van der Waals surface area contributed by atoms with Crippen molar-refractivity contribution >= 4 is 11.6 Å². The normalized spacial score (nSPS) is 10.3. The second-order valence-electron chi connectivity index (χ2n) is 4.79. The number of aromatic nitrogens is 1. The maximum atomic E-state index is 10.6. The number of rotatable bonds is 8. The van der Waals surface area contributed by atoms with Gasteiger partial charge in [0.15, 0.2) is 0 Å². The maximum Gasteiger partial charge on any atom is 0.220 e. The Morgan fingerprint density at radius 3 is 2.67 bits per heavy atom. The van der Waals surface area contributed by atoms with Crippen LogP contribution in [-0.2, 0) is 17.9 Å². The second kappa shape index (κ2) is 7.38. The highest BCUT2D eigenvalue weighted by Gasteiger charge is 1.99. The van der Waals surface area contributed by atoms with Gasteiger partial charge in [-0.25, -0.2) is 0 Å². The van der Waals surface area contributed by atoms with Gasteiger partial charge in [-0.05, 0) is 42.8 Å². The predicted molar refractivity (Wildman–Crippen MR) is 83.2 cm³/mol. The molecule has 0 aliphatic carbocycles. The van der Waals surface area contributed by atoms with E-state index in [0.717, 1.165) is 24.5 Å². The molecule has 0 saturated carbocycles. The largest absolute Gasteiger partial charge is 0.493 e. The van der Waals surface area contributed by atoms with Crippen LogP contribution >= 0.6 is 0 Å². The van der Waals surface area contributed by atoms with Crippen molar-refractivity contribution in [3.05, 3.63) is 48.3 Å². The lowest BCUT2D eigenvalue weighted by atomic mass is 10.2. The number of hydrogen-bond acceptors (Lipinski definition) is 3. The molecule has 5 heteroatoms. The average Bonchev–Trinajstić information content (AvgIpc) is 2.94. The number of amides is 1. The number of benzene rings is 1. The lowest BCUT2D eigenvalue weighted by Crippen LogP contribution is -2.14. The lowest BCUT2D eigenvalue weighted by molar-refractivity contribution is -0.118. The molecule has 0 unspecified atom stereocenters. The lowest BCUT2D eigenvalue weighted by Gasteiger charge is -2.08. The number of aryl methyl sites for hydroxylation is 1. The van der Waals surface area contributed by atoms with Gasteiger partial charge in [0.25, 0.3) is 0 Å². The molecule has 21 heavy (non-hydrogen) atoms. The van der Waals surface area contributed by atoms with E-state index >= 15 is 0 Å². The van der Waals surface area contributed by atoms with Gasteiger partial charge in [-0.3, -0.25) is 4.79 Å². The second-order valence-corrected chi connectivity index (χ2v) is 4.79. The Bertz CT molecular complexity index is 575.